The quantitative estimate of drug-likeness (QED) is 0.751. The van der Waals surface area contributed by atoms with E-state index in [1.165, 1.54) is 6.42 Å². The minimum Gasteiger partial charge on any atom is -0.481 e. The molecule has 2 N–H and O–H groups in total. The molecule has 3 saturated carbocycles. The minimum atomic E-state index is -0.887. The lowest BCUT2D eigenvalue weighted by molar-refractivity contribution is -0.153. The minimum absolute atomic E-state index is 0.0953. The van der Waals surface area contributed by atoms with Gasteiger partial charge < -0.3 is 10.2 Å². The summed E-state index contributed by atoms with van der Waals surface area (Å²) in [6, 6.07) is 0. The molecular weight excluding hydrogens is 192 g/mol. The molecule has 3 unspecified atom stereocenters. The van der Waals surface area contributed by atoms with Crippen LogP contribution in [-0.4, -0.2) is 22.3 Å². The molecule has 3 heteroatoms. The Bertz CT molecular complexity index is 270. The molecule has 0 aromatic carbocycles. The first-order chi connectivity index (χ1) is 6.93. The Morgan fingerprint density at radius 1 is 1.47 bits per heavy atom. The summed E-state index contributed by atoms with van der Waals surface area (Å²) in [5.74, 6) is 0.657. The number of aliphatic carboxylic acids is 1. The molecule has 0 aromatic heterocycles. The van der Waals surface area contributed by atoms with Crippen molar-refractivity contribution in [1.29, 1.82) is 0 Å². The zero-order valence-corrected chi connectivity index (χ0v) is 9.44. The van der Waals surface area contributed by atoms with Gasteiger partial charge in [-0.1, -0.05) is 13.8 Å². The monoisotopic (exact) mass is 212 g/mol. The first kappa shape index (κ1) is 10.9. The molecule has 0 saturated heterocycles. The van der Waals surface area contributed by atoms with Crippen LogP contribution in [0.15, 0.2) is 0 Å². The maximum atomic E-state index is 10.6. The normalized spacial score (nSPS) is 39.3. The number of hydrogen-bond donors (Lipinski definition) is 2. The highest BCUT2D eigenvalue weighted by Gasteiger charge is 2.55. The molecule has 0 radical (unpaired) electrons. The van der Waals surface area contributed by atoms with E-state index in [1.54, 1.807) is 0 Å². The smallest absolute Gasteiger partial charge is 0.305 e. The van der Waals surface area contributed by atoms with Crippen LogP contribution in [-0.2, 0) is 4.79 Å². The molecule has 86 valence electrons. The van der Waals surface area contributed by atoms with Crippen LogP contribution < -0.4 is 0 Å². The molecule has 3 fully saturated rings. The third kappa shape index (κ3) is 1.67. The summed E-state index contributed by atoms with van der Waals surface area (Å²) in [7, 11) is 0. The van der Waals surface area contributed by atoms with Gasteiger partial charge in [-0.25, -0.2) is 0 Å². The number of carbonyl (C=O) groups is 1. The maximum Gasteiger partial charge on any atom is 0.305 e. The molecule has 15 heavy (non-hydrogen) atoms. The van der Waals surface area contributed by atoms with Crippen molar-refractivity contribution in [1.82, 2.24) is 0 Å². The standard InChI is InChI=1S/C12H20O3/c1-12(2)7-3-4-8(9(12)5-7)10(13)6-11(14)15/h7-10,13H,3-6H2,1-2H3,(H,14,15)/t7?,8?,9?,10-/m1/s1. The van der Waals surface area contributed by atoms with Crippen LogP contribution >= 0.6 is 0 Å². The van der Waals surface area contributed by atoms with Crippen molar-refractivity contribution in [3.63, 3.8) is 0 Å². The molecule has 0 amide bonds. The summed E-state index contributed by atoms with van der Waals surface area (Å²) >= 11 is 0. The fourth-order valence-corrected chi connectivity index (χ4v) is 3.66. The van der Waals surface area contributed by atoms with E-state index in [9.17, 15) is 9.90 Å². The lowest BCUT2D eigenvalue weighted by atomic mass is 9.45. The van der Waals surface area contributed by atoms with Crippen molar-refractivity contribution in [2.24, 2.45) is 23.2 Å². The Labute approximate surface area is 90.5 Å². The van der Waals surface area contributed by atoms with Crippen LogP contribution in [0.25, 0.3) is 0 Å². The highest BCUT2D eigenvalue weighted by Crippen LogP contribution is 2.62. The van der Waals surface area contributed by atoms with Gasteiger partial charge >= 0.3 is 5.97 Å². The lowest BCUT2D eigenvalue weighted by Crippen LogP contribution is -2.55. The molecule has 0 heterocycles. The van der Waals surface area contributed by atoms with E-state index in [-0.39, 0.29) is 12.3 Å². The third-order valence-electron chi connectivity index (χ3n) is 4.79. The number of fused-ring (bicyclic) bond motifs is 2. The van der Waals surface area contributed by atoms with E-state index in [0.717, 1.165) is 18.8 Å². The molecule has 0 aliphatic heterocycles. The number of aliphatic hydroxyl groups excluding tert-OH is 1. The highest BCUT2D eigenvalue weighted by atomic mass is 16.4. The van der Waals surface area contributed by atoms with Crippen LogP contribution in [0.4, 0.5) is 0 Å². The fourth-order valence-electron chi connectivity index (χ4n) is 3.66. The van der Waals surface area contributed by atoms with E-state index < -0.39 is 12.1 Å². The number of carboxylic acids is 1. The van der Waals surface area contributed by atoms with Crippen LogP contribution in [0, 0.1) is 23.2 Å². The summed E-state index contributed by atoms with van der Waals surface area (Å²) in [6.07, 6.45) is 2.61. The molecule has 4 atom stereocenters. The molecule has 3 nitrogen and oxygen atoms in total. The third-order valence-corrected chi connectivity index (χ3v) is 4.79. The second-order valence-corrected chi connectivity index (χ2v) is 5.77. The number of aliphatic hydroxyl groups is 1. The van der Waals surface area contributed by atoms with E-state index in [4.69, 9.17) is 5.11 Å². The Morgan fingerprint density at radius 3 is 2.60 bits per heavy atom. The van der Waals surface area contributed by atoms with Gasteiger partial charge in [0.25, 0.3) is 0 Å². The molecule has 3 aliphatic rings. The Kier molecular flexibility index (Phi) is 2.53. The SMILES string of the molecule is CC1(C)C2CCC([C@H](O)CC(=O)O)C1C2. The molecule has 3 rings (SSSR count). The first-order valence-electron chi connectivity index (χ1n) is 5.82. The first-order valence-corrected chi connectivity index (χ1v) is 5.82. The van der Waals surface area contributed by atoms with Gasteiger partial charge in [0.2, 0.25) is 0 Å². The predicted molar refractivity (Wildman–Crippen MR) is 56.4 cm³/mol. The van der Waals surface area contributed by atoms with E-state index in [1.807, 2.05) is 0 Å². The maximum absolute atomic E-state index is 10.6. The Morgan fingerprint density at radius 2 is 2.13 bits per heavy atom. The van der Waals surface area contributed by atoms with Gasteiger partial charge in [0.05, 0.1) is 12.5 Å². The Hall–Kier alpha value is -0.570. The second kappa shape index (κ2) is 3.48. The highest BCUT2D eigenvalue weighted by molar-refractivity contribution is 5.67. The van der Waals surface area contributed by atoms with Crippen LogP contribution in [0.3, 0.4) is 0 Å². The summed E-state index contributed by atoms with van der Waals surface area (Å²) in [4.78, 5) is 10.6. The van der Waals surface area contributed by atoms with E-state index >= 15 is 0 Å². The van der Waals surface area contributed by atoms with Crippen LogP contribution in [0.2, 0.25) is 0 Å². The summed E-state index contributed by atoms with van der Waals surface area (Å²) < 4.78 is 0. The number of hydrogen-bond acceptors (Lipinski definition) is 2. The summed E-state index contributed by atoms with van der Waals surface area (Å²) in [5, 5.41) is 18.6. The van der Waals surface area contributed by atoms with Crippen molar-refractivity contribution in [2.75, 3.05) is 0 Å². The van der Waals surface area contributed by atoms with Gasteiger partial charge in [-0.05, 0) is 42.4 Å². The van der Waals surface area contributed by atoms with Crippen molar-refractivity contribution in [2.45, 2.75) is 45.6 Å². The zero-order chi connectivity index (χ0) is 11.2. The molecule has 2 bridgehead atoms. The van der Waals surface area contributed by atoms with Crippen LogP contribution in [0.1, 0.15) is 39.5 Å². The largest absolute Gasteiger partial charge is 0.481 e. The van der Waals surface area contributed by atoms with Crippen LogP contribution in [0.5, 0.6) is 0 Å². The van der Waals surface area contributed by atoms with Gasteiger partial charge in [-0.3, -0.25) is 4.79 Å². The van der Waals surface area contributed by atoms with Gasteiger partial charge in [0, 0.05) is 0 Å². The average Bonchev–Trinajstić information content (AvgIpc) is 2.16. The molecule has 0 spiro atoms. The summed E-state index contributed by atoms with van der Waals surface area (Å²) in [5.41, 5.74) is 0.322. The molecular formula is C12H20O3. The van der Waals surface area contributed by atoms with Gasteiger partial charge in [-0.2, -0.15) is 0 Å². The van der Waals surface area contributed by atoms with Crippen molar-refractivity contribution >= 4 is 5.97 Å². The van der Waals surface area contributed by atoms with E-state index in [2.05, 4.69) is 13.8 Å². The van der Waals surface area contributed by atoms with Crippen molar-refractivity contribution < 1.29 is 15.0 Å². The van der Waals surface area contributed by atoms with Crippen molar-refractivity contribution in [3.05, 3.63) is 0 Å². The topological polar surface area (TPSA) is 57.5 Å². The Balaban J connectivity index is 2.01. The predicted octanol–water partition coefficient (Wildman–Crippen LogP) is 1.89. The number of carboxylic acid groups (broad SMARTS) is 1. The van der Waals surface area contributed by atoms with Crippen molar-refractivity contribution in [3.8, 4) is 0 Å². The zero-order valence-electron chi connectivity index (χ0n) is 9.44. The van der Waals surface area contributed by atoms with E-state index in [0.29, 0.717) is 11.3 Å². The molecule has 0 aromatic rings. The van der Waals surface area contributed by atoms with Gasteiger partial charge in [0.1, 0.15) is 0 Å². The lowest BCUT2D eigenvalue weighted by Gasteiger charge is -2.61. The van der Waals surface area contributed by atoms with Gasteiger partial charge in [0.15, 0.2) is 0 Å². The second-order valence-electron chi connectivity index (χ2n) is 5.77. The average molecular weight is 212 g/mol. The number of rotatable bonds is 3. The fraction of sp³-hybridized carbons (Fsp3) is 0.917. The molecule has 3 aliphatic carbocycles. The van der Waals surface area contributed by atoms with Gasteiger partial charge in [-0.15, -0.1) is 0 Å². The summed E-state index contributed by atoms with van der Waals surface area (Å²) in [6.45, 7) is 4.51.